The second kappa shape index (κ2) is 4.81. The first-order valence-corrected chi connectivity index (χ1v) is 7.74. The van der Waals surface area contributed by atoms with Crippen LogP contribution in [-0.2, 0) is 9.53 Å². The number of aromatic nitrogens is 2. The van der Waals surface area contributed by atoms with Gasteiger partial charge in [-0.3, -0.25) is 15.6 Å². The van der Waals surface area contributed by atoms with E-state index in [2.05, 4.69) is 20.8 Å². The van der Waals surface area contributed by atoms with E-state index in [4.69, 9.17) is 16.3 Å². The summed E-state index contributed by atoms with van der Waals surface area (Å²) in [6, 6.07) is 1.62. The minimum absolute atomic E-state index is 0.0621. The second-order valence-electron chi connectivity index (χ2n) is 6.16. The molecule has 21 heavy (non-hydrogen) atoms. The lowest BCUT2D eigenvalue weighted by Crippen LogP contribution is -2.33. The Bertz CT molecular complexity index is 582. The molecular weight excluding hydrogens is 292 g/mol. The van der Waals surface area contributed by atoms with E-state index in [1.54, 1.807) is 6.07 Å². The Balaban J connectivity index is 1.44. The number of carbonyl (C=O) groups excluding carboxylic acids is 1. The van der Waals surface area contributed by atoms with E-state index in [1.165, 1.54) is 0 Å². The molecule has 2 heterocycles. The zero-order valence-electron chi connectivity index (χ0n) is 11.6. The van der Waals surface area contributed by atoms with Gasteiger partial charge in [0.15, 0.2) is 0 Å². The van der Waals surface area contributed by atoms with Gasteiger partial charge in [0.1, 0.15) is 16.8 Å². The summed E-state index contributed by atoms with van der Waals surface area (Å²) >= 11 is 6.06. The second-order valence-corrected chi connectivity index (χ2v) is 6.55. The quantitative estimate of drug-likeness (QED) is 0.656. The Morgan fingerprint density at radius 3 is 2.71 bits per heavy atom. The molecule has 0 bridgehead atoms. The van der Waals surface area contributed by atoms with Crippen molar-refractivity contribution in [2.24, 2.45) is 11.3 Å². The standard InChI is InChI=1S/C14H17ClN4O2/c15-10-5-11(18-19-13(20)14-6-9(14)7-14)17-12(16-10)8-1-3-21-4-2-8/h5,8-9H,1-4,6-7H2,(H,19,20)(H,16,17,18). The SMILES string of the molecule is O=C(NNc1cc(Cl)nc(C2CCOCC2)n1)C12CC1C2. The highest BCUT2D eigenvalue weighted by Gasteiger charge is 2.74. The lowest BCUT2D eigenvalue weighted by atomic mass is 9.99. The van der Waals surface area contributed by atoms with Gasteiger partial charge in [-0.05, 0) is 31.6 Å². The number of anilines is 1. The lowest BCUT2D eigenvalue weighted by Gasteiger charge is -2.21. The topological polar surface area (TPSA) is 76.1 Å². The van der Waals surface area contributed by atoms with Crippen molar-refractivity contribution in [2.75, 3.05) is 18.6 Å². The largest absolute Gasteiger partial charge is 0.381 e. The first-order chi connectivity index (χ1) is 10.2. The van der Waals surface area contributed by atoms with Gasteiger partial charge in [-0.1, -0.05) is 11.6 Å². The maximum Gasteiger partial charge on any atom is 0.244 e. The van der Waals surface area contributed by atoms with Gasteiger partial charge >= 0.3 is 0 Å². The van der Waals surface area contributed by atoms with Crippen molar-refractivity contribution in [3.8, 4) is 0 Å². The molecule has 2 N–H and O–H groups in total. The van der Waals surface area contributed by atoms with E-state index >= 15 is 0 Å². The summed E-state index contributed by atoms with van der Waals surface area (Å²) < 4.78 is 5.35. The monoisotopic (exact) mass is 308 g/mol. The van der Waals surface area contributed by atoms with Crippen LogP contribution in [-0.4, -0.2) is 29.1 Å². The van der Waals surface area contributed by atoms with Gasteiger partial charge in [-0.25, -0.2) is 9.97 Å². The summed E-state index contributed by atoms with van der Waals surface area (Å²) in [5.41, 5.74) is 5.55. The third kappa shape index (κ3) is 2.46. The molecule has 7 heteroatoms. The number of ether oxygens (including phenoxy) is 1. The number of halogens is 1. The Morgan fingerprint density at radius 2 is 2.05 bits per heavy atom. The molecule has 2 saturated carbocycles. The van der Waals surface area contributed by atoms with Crippen molar-refractivity contribution in [2.45, 2.75) is 31.6 Å². The highest BCUT2D eigenvalue weighted by molar-refractivity contribution is 6.29. The number of carbonyl (C=O) groups is 1. The first-order valence-electron chi connectivity index (χ1n) is 7.36. The molecule has 6 nitrogen and oxygen atoms in total. The summed E-state index contributed by atoms with van der Waals surface area (Å²) in [5.74, 6) is 2.21. The summed E-state index contributed by atoms with van der Waals surface area (Å²) in [7, 11) is 0. The van der Waals surface area contributed by atoms with E-state index in [-0.39, 0.29) is 17.2 Å². The van der Waals surface area contributed by atoms with Gasteiger partial charge in [0.05, 0.1) is 5.41 Å². The molecule has 1 saturated heterocycles. The van der Waals surface area contributed by atoms with Gasteiger partial charge in [0.2, 0.25) is 5.91 Å². The molecule has 2 aliphatic carbocycles. The molecule has 112 valence electrons. The van der Waals surface area contributed by atoms with Crippen LogP contribution in [0.3, 0.4) is 0 Å². The van der Waals surface area contributed by atoms with E-state index in [0.29, 0.717) is 16.9 Å². The molecule has 0 atom stereocenters. The molecule has 0 radical (unpaired) electrons. The fourth-order valence-electron chi connectivity index (χ4n) is 2.96. The van der Waals surface area contributed by atoms with Crippen molar-refractivity contribution >= 4 is 23.3 Å². The van der Waals surface area contributed by atoms with Gasteiger partial charge in [-0.15, -0.1) is 0 Å². The summed E-state index contributed by atoms with van der Waals surface area (Å²) in [6.45, 7) is 1.45. The third-order valence-electron chi connectivity index (χ3n) is 4.74. The number of rotatable bonds is 4. The lowest BCUT2D eigenvalue weighted by molar-refractivity contribution is -0.123. The summed E-state index contributed by atoms with van der Waals surface area (Å²) in [5, 5.41) is 0.386. The van der Waals surface area contributed by atoms with Gasteiger partial charge in [-0.2, -0.15) is 0 Å². The molecule has 0 aromatic carbocycles. The van der Waals surface area contributed by atoms with Crippen LogP contribution in [0.1, 0.15) is 37.4 Å². The number of fused-ring (bicyclic) bond motifs is 1. The van der Waals surface area contributed by atoms with Crippen LogP contribution < -0.4 is 10.9 Å². The average molecular weight is 309 g/mol. The van der Waals surface area contributed by atoms with Crippen LogP contribution in [0, 0.1) is 11.3 Å². The van der Waals surface area contributed by atoms with Gasteiger partial charge in [0.25, 0.3) is 0 Å². The van der Waals surface area contributed by atoms with Crippen LogP contribution in [0.4, 0.5) is 5.82 Å². The van der Waals surface area contributed by atoms with Crippen LogP contribution in [0.15, 0.2) is 6.07 Å². The van der Waals surface area contributed by atoms with Gasteiger partial charge in [0, 0.05) is 25.2 Å². The zero-order chi connectivity index (χ0) is 14.4. The highest BCUT2D eigenvalue weighted by Crippen LogP contribution is 2.75. The Labute approximate surface area is 127 Å². The van der Waals surface area contributed by atoms with Crippen molar-refractivity contribution in [1.82, 2.24) is 15.4 Å². The third-order valence-corrected chi connectivity index (χ3v) is 4.93. The fraction of sp³-hybridized carbons (Fsp3) is 0.643. The number of nitrogens with one attached hydrogen (secondary N) is 2. The predicted molar refractivity (Wildman–Crippen MR) is 76.8 cm³/mol. The van der Waals surface area contributed by atoms with E-state index in [0.717, 1.165) is 44.7 Å². The summed E-state index contributed by atoms with van der Waals surface area (Å²) in [6.07, 6.45) is 3.85. The van der Waals surface area contributed by atoms with E-state index in [9.17, 15) is 4.79 Å². The molecule has 4 rings (SSSR count). The van der Waals surface area contributed by atoms with Gasteiger partial charge < -0.3 is 4.74 Å². The van der Waals surface area contributed by atoms with E-state index in [1.807, 2.05) is 0 Å². The Morgan fingerprint density at radius 1 is 1.33 bits per heavy atom. The maximum absolute atomic E-state index is 11.9. The van der Waals surface area contributed by atoms with Crippen molar-refractivity contribution < 1.29 is 9.53 Å². The maximum atomic E-state index is 11.9. The number of hydrogen-bond donors (Lipinski definition) is 2. The van der Waals surface area contributed by atoms with Crippen LogP contribution in [0.5, 0.6) is 0 Å². The normalized spacial score (nSPS) is 30.4. The average Bonchev–Trinajstić information content (AvgIpc) is 3.35. The summed E-state index contributed by atoms with van der Waals surface area (Å²) in [4.78, 5) is 20.7. The smallest absolute Gasteiger partial charge is 0.244 e. The molecule has 1 aromatic heterocycles. The molecule has 3 aliphatic rings. The predicted octanol–water partition coefficient (Wildman–Crippen LogP) is 1.88. The minimum atomic E-state index is -0.0621. The van der Waals surface area contributed by atoms with Crippen molar-refractivity contribution in [1.29, 1.82) is 0 Å². The van der Waals surface area contributed by atoms with Crippen LogP contribution in [0.25, 0.3) is 0 Å². The molecule has 1 aromatic rings. The van der Waals surface area contributed by atoms with Crippen molar-refractivity contribution in [3.63, 3.8) is 0 Å². The van der Waals surface area contributed by atoms with E-state index < -0.39 is 0 Å². The molecule has 1 amide bonds. The molecule has 1 aliphatic heterocycles. The molecule has 3 fully saturated rings. The minimum Gasteiger partial charge on any atom is -0.381 e. The first kappa shape index (κ1) is 13.3. The van der Waals surface area contributed by atoms with Crippen LogP contribution in [0.2, 0.25) is 5.15 Å². The van der Waals surface area contributed by atoms with Crippen LogP contribution >= 0.6 is 11.6 Å². The number of hydrazine groups is 1. The molecule has 0 spiro atoms. The Hall–Kier alpha value is -1.40. The fourth-order valence-corrected chi connectivity index (χ4v) is 3.15. The number of hydrogen-bond acceptors (Lipinski definition) is 5. The van der Waals surface area contributed by atoms with Crippen molar-refractivity contribution in [3.05, 3.63) is 17.0 Å². The molecule has 0 unspecified atom stereocenters. The zero-order valence-corrected chi connectivity index (χ0v) is 12.3. The number of amides is 1. The molecular formula is C14H17ClN4O2. The number of nitrogens with zero attached hydrogens (tertiary/aromatic N) is 2. The Kier molecular flexibility index (Phi) is 3.04. The highest BCUT2D eigenvalue weighted by atomic mass is 35.5.